The van der Waals surface area contributed by atoms with Crippen LogP contribution in [0.2, 0.25) is 0 Å². The number of rotatable bonds is 6. The van der Waals surface area contributed by atoms with Gasteiger partial charge in [0.15, 0.2) is 0 Å². The second kappa shape index (κ2) is 7.37. The zero-order chi connectivity index (χ0) is 15.9. The Hall–Kier alpha value is -2.67. The van der Waals surface area contributed by atoms with Gasteiger partial charge in [-0.2, -0.15) is 0 Å². The summed E-state index contributed by atoms with van der Waals surface area (Å²) in [5.74, 6) is 0.700. The van der Waals surface area contributed by atoms with Crippen molar-refractivity contribution in [2.24, 2.45) is 0 Å². The fraction of sp³-hybridized carbons (Fsp3) is 0.267. The molecule has 0 saturated heterocycles. The highest BCUT2D eigenvalue weighted by Crippen LogP contribution is 2.29. The third-order valence-electron chi connectivity index (χ3n) is 3.05. The predicted molar refractivity (Wildman–Crippen MR) is 78.9 cm³/mol. The first-order chi connectivity index (χ1) is 10.7. The Morgan fingerprint density at radius 1 is 1.32 bits per heavy atom. The molecule has 0 saturated carbocycles. The average Bonchev–Trinajstić information content (AvgIpc) is 2.59. The molecule has 0 unspecified atom stereocenters. The maximum atomic E-state index is 11.9. The maximum absolute atomic E-state index is 11.9. The van der Waals surface area contributed by atoms with Gasteiger partial charge in [-0.25, -0.2) is 4.98 Å². The van der Waals surface area contributed by atoms with Crippen LogP contribution in [0.5, 0.6) is 11.5 Å². The smallest absolute Gasteiger partial charge is 0.271 e. The monoisotopic (exact) mass is 303 g/mol. The molecule has 0 spiro atoms. The Bertz CT molecular complexity index is 634. The summed E-state index contributed by atoms with van der Waals surface area (Å²) in [7, 11) is 3.05. The number of aromatic nitrogens is 2. The van der Waals surface area contributed by atoms with E-state index in [4.69, 9.17) is 9.47 Å². The van der Waals surface area contributed by atoms with Crippen LogP contribution in [0.25, 0.3) is 0 Å². The topological polar surface area (TPSA) is 93.6 Å². The number of methoxy groups -OCH3 is 2. The molecule has 1 heterocycles. The van der Waals surface area contributed by atoms with E-state index in [9.17, 15) is 9.90 Å². The number of carbonyl (C=O) groups is 1. The van der Waals surface area contributed by atoms with Crippen molar-refractivity contribution >= 4 is 5.91 Å². The van der Waals surface area contributed by atoms with Gasteiger partial charge in [-0.3, -0.25) is 9.78 Å². The van der Waals surface area contributed by atoms with Gasteiger partial charge in [-0.1, -0.05) is 0 Å². The Morgan fingerprint density at radius 2 is 2.14 bits per heavy atom. The normalized spacial score (nSPS) is 11.6. The van der Waals surface area contributed by atoms with Gasteiger partial charge in [0.2, 0.25) is 0 Å². The molecule has 2 rings (SSSR count). The fourth-order valence-corrected chi connectivity index (χ4v) is 1.91. The number of carbonyl (C=O) groups excluding carboxylic acids is 1. The highest BCUT2D eigenvalue weighted by Gasteiger charge is 2.16. The molecule has 1 aromatic carbocycles. The SMILES string of the molecule is COc1ccc(OC)c([C@@H](O)CNC(=O)c2cnccn2)c1. The van der Waals surface area contributed by atoms with Gasteiger partial charge in [0.25, 0.3) is 5.91 Å². The van der Waals surface area contributed by atoms with Crippen LogP contribution in [-0.4, -0.2) is 41.7 Å². The number of hydrogen-bond acceptors (Lipinski definition) is 6. The van der Waals surface area contributed by atoms with Gasteiger partial charge in [-0.15, -0.1) is 0 Å². The van der Waals surface area contributed by atoms with Gasteiger partial charge in [0.05, 0.1) is 20.4 Å². The minimum absolute atomic E-state index is 0.0128. The van der Waals surface area contributed by atoms with E-state index in [2.05, 4.69) is 15.3 Å². The molecule has 0 radical (unpaired) electrons. The van der Waals surface area contributed by atoms with Gasteiger partial charge in [0, 0.05) is 24.5 Å². The highest BCUT2D eigenvalue weighted by molar-refractivity contribution is 5.91. The summed E-state index contributed by atoms with van der Waals surface area (Å²) in [5, 5.41) is 12.9. The molecule has 0 fully saturated rings. The van der Waals surface area contributed by atoms with E-state index in [1.165, 1.54) is 32.8 Å². The Kier molecular flexibility index (Phi) is 5.26. The second-order valence-electron chi connectivity index (χ2n) is 4.42. The lowest BCUT2D eigenvalue weighted by Gasteiger charge is -2.16. The van der Waals surface area contributed by atoms with E-state index < -0.39 is 12.0 Å². The average molecular weight is 303 g/mol. The molecule has 1 aromatic heterocycles. The molecular weight excluding hydrogens is 286 g/mol. The van der Waals surface area contributed by atoms with Gasteiger partial charge in [-0.05, 0) is 18.2 Å². The first-order valence-electron chi connectivity index (χ1n) is 6.60. The predicted octanol–water partition coefficient (Wildman–Crippen LogP) is 0.957. The van der Waals surface area contributed by atoms with E-state index in [0.717, 1.165) is 0 Å². The molecular formula is C15H17N3O4. The summed E-state index contributed by atoms with van der Waals surface area (Å²) in [6.45, 7) is 0.0128. The zero-order valence-corrected chi connectivity index (χ0v) is 12.3. The van der Waals surface area contributed by atoms with Crippen molar-refractivity contribution < 1.29 is 19.4 Å². The van der Waals surface area contributed by atoms with Crippen molar-refractivity contribution in [3.63, 3.8) is 0 Å². The maximum Gasteiger partial charge on any atom is 0.271 e. The molecule has 1 atom stereocenters. The molecule has 2 aromatic rings. The zero-order valence-electron chi connectivity index (χ0n) is 12.3. The third kappa shape index (κ3) is 3.70. The van der Waals surface area contributed by atoms with E-state index in [-0.39, 0.29) is 12.2 Å². The van der Waals surface area contributed by atoms with Crippen LogP contribution in [0.4, 0.5) is 0 Å². The molecule has 22 heavy (non-hydrogen) atoms. The number of nitrogens with one attached hydrogen (secondary N) is 1. The first-order valence-corrected chi connectivity index (χ1v) is 6.60. The molecule has 7 heteroatoms. The molecule has 0 bridgehead atoms. The number of aliphatic hydroxyl groups excluding tert-OH is 1. The van der Waals surface area contributed by atoms with Crippen LogP contribution in [0.1, 0.15) is 22.2 Å². The molecule has 0 aliphatic heterocycles. The number of nitrogens with zero attached hydrogens (tertiary/aromatic N) is 2. The minimum atomic E-state index is -0.939. The van der Waals surface area contributed by atoms with Gasteiger partial charge in [0.1, 0.15) is 23.3 Å². The van der Waals surface area contributed by atoms with Crippen molar-refractivity contribution in [3.05, 3.63) is 48.0 Å². The Balaban J connectivity index is 2.06. The minimum Gasteiger partial charge on any atom is -0.497 e. The lowest BCUT2D eigenvalue weighted by molar-refractivity contribution is 0.0909. The van der Waals surface area contributed by atoms with E-state index >= 15 is 0 Å². The molecule has 7 nitrogen and oxygen atoms in total. The van der Waals surface area contributed by atoms with Crippen LogP contribution >= 0.6 is 0 Å². The second-order valence-corrected chi connectivity index (χ2v) is 4.42. The Morgan fingerprint density at radius 3 is 2.77 bits per heavy atom. The Labute approximate surface area is 127 Å². The van der Waals surface area contributed by atoms with E-state index in [0.29, 0.717) is 17.1 Å². The lowest BCUT2D eigenvalue weighted by Crippen LogP contribution is -2.29. The van der Waals surface area contributed by atoms with E-state index in [1.54, 1.807) is 18.2 Å². The quantitative estimate of drug-likeness (QED) is 0.825. The molecule has 0 aliphatic rings. The largest absolute Gasteiger partial charge is 0.497 e. The van der Waals surface area contributed by atoms with Crippen molar-refractivity contribution in [3.8, 4) is 11.5 Å². The van der Waals surface area contributed by atoms with Crippen LogP contribution in [0, 0.1) is 0 Å². The van der Waals surface area contributed by atoms with Crippen molar-refractivity contribution in [2.45, 2.75) is 6.10 Å². The first kappa shape index (κ1) is 15.7. The number of hydrogen-bond donors (Lipinski definition) is 2. The summed E-state index contributed by atoms with van der Waals surface area (Å²) < 4.78 is 10.3. The van der Waals surface area contributed by atoms with Gasteiger partial charge < -0.3 is 19.9 Å². The van der Waals surface area contributed by atoms with Crippen molar-refractivity contribution in [1.82, 2.24) is 15.3 Å². The number of aliphatic hydroxyl groups is 1. The molecule has 1 amide bonds. The summed E-state index contributed by atoms with van der Waals surface area (Å²) in [4.78, 5) is 19.6. The van der Waals surface area contributed by atoms with Crippen LogP contribution < -0.4 is 14.8 Å². The van der Waals surface area contributed by atoms with E-state index in [1.807, 2.05) is 0 Å². The fourth-order valence-electron chi connectivity index (χ4n) is 1.91. The highest BCUT2D eigenvalue weighted by atomic mass is 16.5. The van der Waals surface area contributed by atoms with Gasteiger partial charge >= 0.3 is 0 Å². The summed E-state index contributed by atoms with van der Waals surface area (Å²) >= 11 is 0. The lowest BCUT2D eigenvalue weighted by atomic mass is 10.1. The molecule has 116 valence electrons. The number of benzene rings is 1. The number of amides is 1. The summed E-state index contributed by atoms with van der Waals surface area (Å²) in [6, 6.07) is 5.09. The molecule has 0 aliphatic carbocycles. The van der Waals surface area contributed by atoms with Crippen LogP contribution in [-0.2, 0) is 0 Å². The third-order valence-corrected chi connectivity index (χ3v) is 3.05. The van der Waals surface area contributed by atoms with Crippen molar-refractivity contribution in [1.29, 1.82) is 0 Å². The van der Waals surface area contributed by atoms with Crippen LogP contribution in [0.3, 0.4) is 0 Å². The van der Waals surface area contributed by atoms with Crippen molar-refractivity contribution in [2.75, 3.05) is 20.8 Å². The van der Waals surface area contributed by atoms with Crippen LogP contribution in [0.15, 0.2) is 36.8 Å². The summed E-state index contributed by atoms with van der Waals surface area (Å²) in [6.07, 6.45) is 3.32. The standard InChI is InChI=1S/C15H17N3O4/c1-21-10-3-4-14(22-2)11(7-10)13(19)9-18-15(20)12-8-16-5-6-17-12/h3-8,13,19H,9H2,1-2H3,(H,18,20)/t13-/m0/s1. The number of ether oxygens (including phenoxy) is 2. The molecule has 2 N–H and O–H groups in total. The summed E-state index contributed by atoms with van der Waals surface area (Å²) in [5.41, 5.74) is 0.716.